The van der Waals surface area contributed by atoms with Crippen LogP contribution in [0.3, 0.4) is 0 Å². The van der Waals surface area contributed by atoms with Gasteiger partial charge in [0.2, 0.25) is 10.0 Å². The van der Waals surface area contributed by atoms with E-state index in [1.807, 2.05) is 24.3 Å². The summed E-state index contributed by atoms with van der Waals surface area (Å²) >= 11 is 0. The molecule has 1 unspecified atom stereocenters. The molecule has 0 fully saturated rings. The van der Waals surface area contributed by atoms with Crippen LogP contribution < -0.4 is 5.73 Å². The van der Waals surface area contributed by atoms with Crippen molar-refractivity contribution in [2.45, 2.75) is 12.5 Å². The van der Waals surface area contributed by atoms with Gasteiger partial charge < -0.3 is 5.73 Å². The summed E-state index contributed by atoms with van der Waals surface area (Å²) in [6, 6.07) is 7.21. The zero-order valence-corrected chi connectivity index (χ0v) is 13.5. The van der Waals surface area contributed by atoms with Crippen molar-refractivity contribution < 1.29 is 16.8 Å². The maximum absolute atomic E-state index is 12.4. The van der Waals surface area contributed by atoms with Gasteiger partial charge in [0.15, 0.2) is 0 Å². The fourth-order valence-electron chi connectivity index (χ4n) is 2.58. The molecule has 1 aliphatic rings. The van der Waals surface area contributed by atoms with E-state index in [4.69, 9.17) is 5.73 Å². The molecule has 1 aromatic rings. The molecule has 2 rings (SSSR count). The van der Waals surface area contributed by atoms with E-state index in [1.54, 1.807) is 0 Å². The first-order chi connectivity index (χ1) is 9.74. The number of benzene rings is 1. The molecule has 118 valence electrons. The summed E-state index contributed by atoms with van der Waals surface area (Å²) in [5.74, 6) is -0.769. The molecule has 0 saturated heterocycles. The molecule has 8 heteroatoms. The number of hydrogen-bond acceptors (Lipinski definition) is 5. The fraction of sp³-hybridized carbons (Fsp3) is 0.538. The molecule has 1 aliphatic heterocycles. The van der Waals surface area contributed by atoms with Crippen LogP contribution in [0.1, 0.15) is 17.2 Å². The predicted octanol–water partition coefficient (Wildman–Crippen LogP) is -0.0811. The molecular formula is C13H20N2O4S2. The Morgan fingerprint density at radius 2 is 1.86 bits per heavy atom. The third-order valence-electron chi connectivity index (χ3n) is 3.66. The Labute approximate surface area is 125 Å². The molecule has 0 saturated carbocycles. The highest BCUT2D eigenvalue weighted by atomic mass is 32.2. The Kier molecular flexibility index (Phi) is 4.72. The van der Waals surface area contributed by atoms with Crippen molar-refractivity contribution in [1.82, 2.24) is 4.31 Å². The Morgan fingerprint density at radius 1 is 1.19 bits per heavy atom. The second-order valence-corrected chi connectivity index (χ2v) is 9.56. The van der Waals surface area contributed by atoms with Gasteiger partial charge in [-0.1, -0.05) is 24.3 Å². The molecule has 0 spiro atoms. The lowest BCUT2D eigenvalue weighted by molar-refractivity contribution is 0.314. The molecule has 0 aliphatic carbocycles. The number of sulfonamides is 1. The van der Waals surface area contributed by atoms with E-state index in [-0.39, 0.29) is 12.3 Å². The maximum Gasteiger partial charge on any atom is 0.215 e. The lowest BCUT2D eigenvalue weighted by Crippen LogP contribution is -2.44. The van der Waals surface area contributed by atoms with Crippen LogP contribution in [0.2, 0.25) is 0 Å². The number of sulfone groups is 1. The monoisotopic (exact) mass is 332 g/mol. The van der Waals surface area contributed by atoms with Gasteiger partial charge in [-0.25, -0.2) is 16.8 Å². The minimum absolute atomic E-state index is 0.176. The van der Waals surface area contributed by atoms with Crippen molar-refractivity contribution in [1.29, 1.82) is 0 Å². The van der Waals surface area contributed by atoms with Crippen LogP contribution >= 0.6 is 0 Å². The summed E-state index contributed by atoms with van der Waals surface area (Å²) in [6.07, 6.45) is 1.65. The molecule has 0 radical (unpaired) electrons. The van der Waals surface area contributed by atoms with Crippen LogP contribution in [-0.4, -0.2) is 52.0 Å². The lowest BCUT2D eigenvalue weighted by atomic mass is 9.94. The number of nitrogens with two attached hydrogens (primary N) is 1. The first kappa shape index (κ1) is 16.4. The smallest absolute Gasteiger partial charge is 0.215 e. The molecular weight excluding hydrogens is 312 g/mol. The normalized spacial score (nSPS) is 20.2. The summed E-state index contributed by atoms with van der Waals surface area (Å²) in [5, 5.41) is 0. The molecule has 21 heavy (non-hydrogen) atoms. The van der Waals surface area contributed by atoms with Crippen LogP contribution in [0.5, 0.6) is 0 Å². The van der Waals surface area contributed by atoms with Crippen molar-refractivity contribution in [2.75, 3.05) is 30.9 Å². The van der Waals surface area contributed by atoms with Crippen molar-refractivity contribution in [2.24, 2.45) is 5.73 Å². The van der Waals surface area contributed by atoms with Crippen LogP contribution in [0.25, 0.3) is 0 Å². The van der Waals surface area contributed by atoms with E-state index in [0.29, 0.717) is 13.0 Å². The van der Waals surface area contributed by atoms with Gasteiger partial charge in [-0.2, -0.15) is 4.31 Å². The van der Waals surface area contributed by atoms with Crippen LogP contribution in [0.15, 0.2) is 24.3 Å². The van der Waals surface area contributed by atoms with E-state index >= 15 is 0 Å². The topological polar surface area (TPSA) is 97.5 Å². The molecule has 0 amide bonds. The predicted molar refractivity (Wildman–Crippen MR) is 82.1 cm³/mol. The van der Waals surface area contributed by atoms with Crippen molar-refractivity contribution in [3.63, 3.8) is 0 Å². The van der Waals surface area contributed by atoms with E-state index in [2.05, 4.69) is 0 Å². The largest absolute Gasteiger partial charge is 0.329 e. The van der Waals surface area contributed by atoms with Gasteiger partial charge in [0.05, 0.1) is 17.5 Å². The van der Waals surface area contributed by atoms with E-state index < -0.39 is 31.7 Å². The Balaban J connectivity index is 2.28. The minimum Gasteiger partial charge on any atom is -0.329 e. The van der Waals surface area contributed by atoms with Crippen molar-refractivity contribution in [3.8, 4) is 0 Å². The second-order valence-electron chi connectivity index (χ2n) is 5.26. The minimum atomic E-state index is -3.65. The van der Waals surface area contributed by atoms with Gasteiger partial charge in [0, 0.05) is 19.3 Å². The first-order valence-electron chi connectivity index (χ1n) is 6.70. The Bertz CT molecular complexity index is 713. The zero-order chi connectivity index (χ0) is 15.7. The van der Waals surface area contributed by atoms with Gasteiger partial charge in [0.25, 0.3) is 0 Å². The van der Waals surface area contributed by atoms with Crippen LogP contribution in [0.4, 0.5) is 0 Å². The van der Waals surface area contributed by atoms with Crippen molar-refractivity contribution in [3.05, 3.63) is 35.4 Å². The Morgan fingerprint density at radius 3 is 2.48 bits per heavy atom. The van der Waals surface area contributed by atoms with Gasteiger partial charge in [0.1, 0.15) is 9.84 Å². The highest BCUT2D eigenvalue weighted by Gasteiger charge is 2.34. The molecule has 0 aromatic heterocycles. The number of hydrogen-bond donors (Lipinski definition) is 1. The summed E-state index contributed by atoms with van der Waals surface area (Å²) in [5.41, 5.74) is 7.77. The molecule has 2 N–H and O–H groups in total. The van der Waals surface area contributed by atoms with E-state index in [1.165, 1.54) is 4.31 Å². The Hall–Kier alpha value is -0.960. The second kappa shape index (κ2) is 6.04. The molecule has 1 heterocycles. The third-order valence-corrected chi connectivity index (χ3v) is 6.73. The zero-order valence-electron chi connectivity index (χ0n) is 11.9. The standard InChI is InChI=1S/C13H20N2O4S2/c1-20(16,17)8-9-21(18,19)15-7-6-11-4-2-3-5-12(11)13(15)10-14/h2-5,13H,6-10,14H2,1H3. The summed E-state index contributed by atoms with van der Waals surface area (Å²) < 4.78 is 48.6. The highest BCUT2D eigenvalue weighted by molar-refractivity contribution is 7.93. The number of nitrogens with zero attached hydrogens (tertiary/aromatic N) is 1. The fourth-order valence-corrected chi connectivity index (χ4v) is 5.82. The lowest BCUT2D eigenvalue weighted by Gasteiger charge is -2.35. The molecule has 6 nitrogen and oxygen atoms in total. The van der Waals surface area contributed by atoms with Gasteiger partial charge in [-0.15, -0.1) is 0 Å². The summed E-state index contributed by atoms with van der Waals surface area (Å²) in [6.45, 7) is 0.514. The average molecular weight is 332 g/mol. The first-order valence-corrected chi connectivity index (χ1v) is 10.4. The highest BCUT2D eigenvalue weighted by Crippen LogP contribution is 2.31. The SMILES string of the molecule is CS(=O)(=O)CCS(=O)(=O)N1CCc2ccccc2C1CN. The van der Waals surface area contributed by atoms with Gasteiger partial charge in [-0.05, 0) is 17.5 Å². The summed E-state index contributed by atoms with van der Waals surface area (Å²) in [4.78, 5) is 0. The van der Waals surface area contributed by atoms with Gasteiger partial charge in [-0.3, -0.25) is 0 Å². The van der Waals surface area contributed by atoms with Crippen molar-refractivity contribution >= 4 is 19.9 Å². The number of fused-ring (bicyclic) bond motifs is 1. The van der Waals surface area contributed by atoms with Crippen LogP contribution in [0, 0.1) is 0 Å². The maximum atomic E-state index is 12.4. The summed E-state index contributed by atoms with van der Waals surface area (Å²) in [7, 11) is -6.96. The number of rotatable bonds is 5. The molecule has 1 atom stereocenters. The average Bonchev–Trinajstić information content (AvgIpc) is 2.43. The quantitative estimate of drug-likeness (QED) is 0.813. The van der Waals surface area contributed by atoms with E-state index in [9.17, 15) is 16.8 Å². The van der Waals surface area contributed by atoms with Crippen LogP contribution in [-0.2, 0) is 26.3 Å². The van der Waals surface area contributed by atoms with E-state index in [0.717, 1.165) is 17.4 Å². The molecule has 0 bridgehead atoms. The van der Waals surface area contributed by atoms with Gasteiger partial charge >= 0.3 is 0 Å². The molecule has 1 aromatic carbocycles. The third kappa shape index (κ3) is 3.82.